The van der Waals surface area contributed by atoms with E-state index in [0.717, 1.165) is 0 Å². The molecule has 1 unspecified atom stereocenters. The Kier molecular flexibility index (Phi) is 4.29. The molecule has 2 aromatic rings. The topological polar surface area (TPSA) is 85.3 Å². The third-order valence-corrected chi connectivity index (χ3v) is 4.89. The number of furan rings is 1. The second kappa shape index (κ2) is 5.65. The molecule has 0 spiro atoms. The first-order chi connectivity index (χ1) is 9.31. The molecule has 0 aliphatic carbocycles. The minimum absolute atomic E-state index is 0.0124. The first kappa shape index (κ1) is 15.2. The summed E-state index contributed by atoms with van der Waals surface area (Å²) in [5.74, 6) is 0.484. The number of nitrogens with two attached hydrogens (primary N) is 1. The summed E-state index contributed by atoms with van der Waals surface area (Å²) < 4.78 is 32.3. The van der Waals surface area contributed by atoms with Crippen molar-refractivity contribution in [2.75, 3.05) is 5.73 Å². The van der Waals surface area contributed by atoms with Crippen molar-refractivity contribution in [3.05, 3.63) is 46.3 Å². The predicted octanol–water partition coefficient (Wildman–Crippen LogP) is 3.21. The Bertz CT molecular complexity index is 691. The van der Waals surface area contributed by atoms with Crippen molar-refractivity contribution in [1.29, 1.82) is 0 Å². The maximum absolute atomic E-state index is 12.3. The van der Waals surface area contributed by atoms with E-state index in [4.69, 9.17) is 33.4 Å². The largest absolute Gasteiger partial charge is 0.468 e. The number of anilines is 1. The number of sulfonamides is 1. The van der Waals surface area contributed by atoms with Gasteiger partial charge in [0.25, 0.3) is 0 Å². The highest BCUT2D eigenvalue weighted by Crippen LogP contribution is 2.31. The van der Waals surface area contributed by atoms with Crippen molar-refractivity contribution >= 4 is 38.9 Å². The molecule has 1 aromatic carbocycles. The summed E-state index contributed by atoms with van der Waals surface area (Å²) in [6.07, 6.45) is 1.46. The van der Waals surface area contributed by atoms with Gasteiger partial charge in [-0.05, 0) is 31.2 Å². The summed E-state index contributed by atoms with van der Waals surface area (Å²) in [5.41, 5.74) is 5.68. The van der Waals surface area contributed by atoms with E-state index in [9.17, 15) is 8.42 Å². The molecular weight excluding hydrogens is 323 g/mol. The summed E-state index contributed by atoms with van der Waals surface area (Å²) in [5, 5.41) is 0.236. The first-order valence-electron chi connectivity index (χ1n) is 5.61. The van der Waals surface area contributed by atoms with Crippen LogP contribution in [0.3, 0.4) is 0 Å². The average Bonchev–Trinajstić information content (AvgIpc) is 2.78. The molecule has 0 aliphatic rings. The van der Waals surface area contributed by atoms with Gasteiger partial charge in [0.1, 0.15) is 10.7 Å². The zero-order valence-corrected chi connectivity index (χ0v) is 12.8. The molecule has 0 saturated heterocycles. The number of nitrogen functional groups attached to an aromatic ring is 1. The molecule has 8 heteroatoms. The Morgan fingerprint density at radius 3 is 2.60 bits per heavy atom. The molecule has 1 heterocycles. The van der Waals surface area contributed by atoms with Gasteiger partial charge in [0.05, 0.1) is 23.0 Å². The fourth-order valence-electron chi connectivity index (χ4n) is 1.75. The van der Waals surface area contributed by atoms with Gasteiger partial charge in [-0.2, -0.15) is 0 Å². The minimum Gasteiger partial charge on any atom is -0.468 e. The molecule has 1 aromatic heterocycles. The lowest BCUT2D eigenvalue weighted by molar-refractivity contribution is 0.459. The Hall–Kier alpha value is -1.21. The van der Waals surface area contributed by atoms with Crippen molar-refractivity contribution in [2.45, 2.75) is 17.9 Å². The van der Waals surface area contributed by atoms with Crippen LogP contribution >= 0.6 is 23.2 Å². The van der Waals surface area contributed by atoms with E-state index in [1.165, 1.54) is 18.4 Å². The van der Waals surface area contributed by atoms with Gasteiger partial charge in [0, 0.05) is 5.02 Å². The van der Waals surface area contributed by atoms with Crippen LogP contribution in [0.5, 0.6) is 0 Å². The number of halogens is 2. The predicted molar refractivity (Wildman–Crippen MR) is 78.3 cm³/mol. The number of nitrogens with one attached hydrogen (secondary N) is 1. The second-order valence-corrected chi connectivity index (χ2v) is 6.66. The summed E-state index contributed by atoms with van der Waals surface area (Å²) in [6.45, 7) is 1.65. The van der Waals surface area contributed by atoms with Crippen molar-refractivity contribution in [1.82, 2.24) is 4.72 Å². The van der Waals surface area contributed by atoms with Crippen LogP contribution < -0.4 is 10.5 Å². The summed E-state index contributed by atoms with van der Waals surface area (Å²) in [7, 11) is -3.89. The van der Waals surface area contributed by atoms with E-state index in [1.54, 1.807) is 19.1 Å². The van der Waals surface area contributed by atoms with Crippen molar-refractivity contribution in [3.63, 3.8) is 0 Å². The zero-order chi connectivity index (χ0) is 14.9. The highest BCUT2D eigenvalue weighted by molar-refractivity contribution is 7.89. The lowest BCUT2D eigenvalue weighted by atomic mass is 10.3. The molecule has 0 aliphatic heterocycles. The molecule has 20 heavy (non-hydrogen) atoms. The Labute approximate surface area is 126 Å². The van der Waals surface area contributed by atoms with E-state index in [0.29, 0.717) is 5.76 Å². The number of rotatable bonds is 4. The van der Waals surface area contributed by atoms with Crippen LogP contribution in [0.1, 0.15) is 18.7 Å². The first-order valence-corrected chi connectivity index (χ1v) is 7.85. The van der Waals surface area contributed by atoms with Gasteiger partial charge < -0.3 is 10.2 Å². The molecule has 2 rings (SSSR count). The van der Waals surface area contributed by atoms with E-state index in [-0.39, 0.29) is 20.6 Å². The number of hydrogen-bond acceptors (Lipinski definition) is 4. The minimum atomic E-state index is -3.89. The molecule has 0 radical (unpaired) electrons. The van der Waals surface area contributed by atoms with Gasteiger partial charge in [-0.3, -0.25) is 0 Å². The van der Waals surface area contributed by atoms with Gasteiger partial charge in [-0.25, -0.2) is 13.1 Å². The van der Waals surface area contributed by atoms with Crippen molar-refractivity contribution < 1.29 is 12.8 Å². The van der Waals surface area contributed by atoms with Crippen LogP contribution in [-0.4, -0.2) is 8.42 Å². The maximum atomic E-state index is 12.3. The highest BCUT2D eigenvalue weighted by atomic mass is 35.5. The standard InChI is InChI=1S/C12H12Cl2N2O3S/c1-7(11-3-2-4-19-11)16-20(17,18)12-9(14)5-8(13)6-10(12)15/h2-7,16H,15H2,1H3. The maximum Gasteiger partial charge on any atom is 0.244 e. The van der Waals surface area contributed by atoms with Crippen molar-refractivity contribution in [2.24, 2.45) is 0 Å². The monoisotopic (exact) mass is 334 g/mol. The van der Waals surface area contributed by atoms with Gasteiger partial charge in [0.2, 0.25) is 10.0 Å². The molecule has 0 fully saturated rings. The lowest BCUT2D eigenvalue weighted by Crippen LogP contribution is -2.27. The number of benzene rings is 1. The van der Waals surface area contributed by atoms with Gasteiger partial charge >= 0.3 is 0 Å². The molecule has 108 valence electrons. The zero-order valence-electron chi connectivity index (χ0n) is 10.4. The van der Waals surface area contributed by atoms with Crippen LogP contribution in [0.25, 0.3) is 0 Å². The van der Waals surface area contributed by atoms with Crippen LogP contribution in [0.2, 0.25) is 10.0 Å². The molecule has 3 N–H and O–H groups in total. The molecule has 0 amide bonds. The van der Waals surface area contributed by atoms with Gasteiger partial charge in [-0.1, -0.05) is 23.2 Å². The van der Waals surface area contributed by atoms with E-state index in [1.807, 2.05) is 0 Å². The molecule has 0 bridgehead atoms. The summed E-state index contributed by atoms with van der Waals surface area (Å²) >= 11 is 11.7. The van der Waals surface area contributed by atoms with Crippen LogP contribution in [0.4, 0.5) is 5.69 Å². The molecular formula is C12H12Cl2N2O3S. The summed E-state index contributed by atoms with van der Waals surface area (Å²) in [4.78, 5) is -0.193. The van der Waals surface area contributed by atoms with E-state index >= 15 is 0 Å². The van der Waals surface area contributed by atoms with Crippen LogP contribution in [0, 0.1) is 0 Å². The van der Waals surface area contributed by atoms with Crippen LogP contribution in [0.15, 0.2) is 39.8 Å². The smallest absolute Gasteiger partial charge is 0.244 e. The third kappa shape index (κ3) is 3.09. The number of hydrogen-bond donors (Lipinski definition) is 2. The van der Waals surface area contributed by atoms with E-state index < -0.39 is 16.1 Å². The average molecular weight is 335 g/mol. The van der Waals surface area contributed by atoms with E-state index in [2.05, 4.69) is 4.72 Å². The quantitative estimate of drug-likeness (QED) is 0.840. The third-order valence-electron chi connectivity index (χ3n) is 2.61. The molecule has 5 nitrogen and oxygen atoms in total. The normalized spacial score (nSPS) is 13.3. The SMILES string of the molecule is CC(NS(=O)(=O)c1c(N)cc(Cl)cc1Cl)c1ccco1. The van der Waals surface area contributed by atoms with Crippen molar-refractivity contribution in [3.8, 4) is 0 Å². The lowest BCUT2D eigenvalue weighted by Gasteiger charge is -2.14. The second-order valence-electron chi connectivity index (χ2n) is 4.16. The Morgan fingerprint density at radius 1 is 1.35 bits per heavy atom. The molecule has 0 saturated carbocycles. The molecule has 1 atom stereocenters. The fraction of sp³-hybridized carbons (Fsp3) is 0.167. The van der Waals surface area contributed by atoms with Gasteiger partial charge in [-0.15, -0.1) is 0 Å². The summed E-state index contributed by atoms with van der Waals surface area (Å²) in [6, 6.07) is 5.44. The Balaban J connectivity index is 2.37. The fourth-order valence-corrected chi connectivity index (χ4v) is 3.95. The Morgan fingerprint density at radius 2 is 2.05 bits per heavy atom. The highest BCUT2D eigenvalue weighted by Gasteiger charge is 2.25. The van der Waals surface area contributed by atoms with Crippen LogP contribution in [-0.2, 0) is 10.0 Å². The van der Waals surface area contributed by atoms with Gasteiger partial charge in [0.15, 0.2) is 0 Å².